The summed E-state index contributed by atoms with van der Waals surface area (Å²) in [5.41, 5.74) is 1.27. The summed E-state index contributed by atoms with van der Waals surface area (Å²) in [6.07, 6.45) is 0. The third-order valence-corrected chi connectivity index (χ3v) is 5.95. The van der Waals surface area contributed by atoms with Gasteiger partial charge < -0.3 is 9.84 Å². The standard InChI is InChI=1S/C29H32O2/c1-23(2)28(30,24(3)4)21-14-22-31-29(25-15-8-5-9-16-25,26-17-10-6-11-18-26)27-19-12-7-13-20-27/h5-13,15-20,23-24,30H,22H2,1-4H3. The molecule has 0 saturated heterocycles. The summed E-state index contributed by atoms with van der Waals surface area (Å²) in [5.74, 6) is 6.29. The van der Waals surface area contributed by atoms with Crippen molar-refractivity contribution in [3.8, 4) is 11.8 Å². The number of rotatable bonds is 7. The number of benzene rings is 3. The Morgan fingerprint density at radius 1 is 0.677 bits per heavy atom. The molecule has 2 heteroatoms. The predicted molar refractivity (Wildman–Crippen MR) is 128 cm³/mol. The van der Waals surface area contributed by atoms with E-state index in [2.05, 4.69) is 48.2 Å². The van der Waals surface area contributed by atoms with E-state index in [1.807, 2.05) is 82.3 Å². The molecule has 3 aromatic rings. The molecular formula is C29H32O2. The topological polar surface area (TPSA) is 29.5 Å². The van der Waals surface area contributed by atoms with Crippen molar-refractivity contribution in [2.45, 2.75) is 38.9 Å². The number of aliphatic hydroxyl groups is 1. The molecule has 2 nitrogen and oxygen atoms in total. The highest BCUT2D eigenvalue weighted by molar-refractivity contribution is 5.47. The van der Waals surface area contributed by atoms with Crippen LogP contribution in [0.2, 0.25) is 0 Å². The van der Waals surface area contributed by atoms with Crippen LogP contribution in [0.25, 0.3) is 0 Å². The van der Waals surface area contributed by atoms with Crippen LogP contribution in [0, 0.1) is 23.7 Å². The second kappa shape index (κ2) is 9.96. The normalized spacial score (nSPS) is 12.0. The maximum absolute atomic E-state index is 11.0. The molecule has 0 aliphatic heterocycles. The van der Waals surface area contributed by atoms with E-state index in [4.69, 9.17) is 4.74 Å². The lowest BCUT2D eigenvalue weighted by Crippen LogP contribution is -2.39. The lowest BCUT2D eigenvalue weighted by molar-refractivity contribution is 0.00779. The maximum Gasteiger partial charge on any atom is 0.145 e. The van der Waals surface area contributed by atoms with E-state index in [1.165, 1.54) is 0 Å². The molecule has 0 spiro atoms. The molecule has 0 unspecified atom stereocenters. The first-order valence-corrected chi connectivity index (χ1v) is 10.9. The van der Waals surface area contributed by atoms with Gasteiger partial charge in [0.1, 0.15) is 17.8 Å². The molecule has 3 rings (SSSR count). The molecule has 0 fully saturated rings. The molecule has 1 N–H and O–H groups in total. The molecule has 3 aromatic carbocycles. The first-order valence-electron chi connectivity index (χ1n) is 10.9. The Morgan fingerprint density at radius 3 is 1.35 bits per heavy atom. The van der Waals surface area contributed by atoms with Crippen molar-refractivity contribution < 1.29 is 9.84 Å². The van der Waals surface area contributed by atoms with Crippen molar-refractivity contribution >= 4 is 0 Å². The molecule has 0 radical (unpaired) electrons. The van der Waals surface area contributed by atoms with Gasteiger partial charge in [-0.3, -0.25) is 0 Å². The van der Waals surface area contributed by atoms with Gasteiger partial charge in [0.15, 0.2) is 0 Å². The fraction of sp³-hybridized carbons (Fsp3) is 0.310. The van der Waals surface area contributed by atoms with Crippen LogP contribution < -0.4 is 0 Å². The smallest absolute Gasteiger partial charge is 0.145 e. The number of ether oxygens (including phenoxy) is 1. The van der Waals surface area contributed by atoms with Gasteiger partial charge in [0.2, 0.25) is 0 Å². The molecule has 0 heterocycles. The molecule has 0 atom stereocenters. The highest BCUT2D eigenvalue weighted by Crippen LogP contribution is 2.40. The Morgan fingerprint density at radius 2 is 1.03 bits per heavy atom. The van der Waals surface area contributed by atoms with Gasteiger partial charge in [-0.2, -0.15) is 0 Å². The summed E-state index contributed by atoms with van der Waals surface area (Å²) in [7, 11) is 0. The average Bonchev–Trinajstić information content (AvgIpc) is 2.80. The Kier molecular flexibility index (Phi) is 7.33. The van der Waals surface area contributed by atoms with E-state index < -0.39 is 11.2 Å². The van der Waals surface area contributed by atoms with Crippen molar-refractivity contribution in [1.82, 2.24) is 0 Å². The molecule has 0 aliphatic rings. The van der Waals surface area contributed by atoms with Gasteiger partial charge in [0.25, 0.3) is 0 Å². The van der Waals surface area contributed by atoms with E-state index in [0.29, 0.717) is 0 Å². The van der Waals surface area contributed by atoms with Gasteiger partial charge in [-0.1, -0.05) is 131 Å². The van der Waals surface area contributed by atoms with Crippen LogP contribution in [0.3, 0.4) is 0 Å². The molecule has 0 saturated carbocycles. The van der Waals surface area contributed by atoms with Gasteiger partial charge in [0, 0.05) is 0 Å². The van der Waals surface area contributed by atoms with Crippen LogP contribution in [0.4, 0.5) is 0 Å². The minimum absolute atomic E-state index is 0.0297. The fourth-order valence-electron chi connectivity index (χ4n) is 4.05. The summed E-state index contributed by atoms with van der Waals surface area (Å²) in [5, 5.41) is 11.0. The van der Waals surface area contributed by atoms with E-state index >= 15 is 0 Å². The monoisotopic (exact) mass is 412 g/mol. The van der Waals surface area contributed by atoms with E-state index in [-0.39, 0.29) is 18.4 Å². The zero-order valence-corrected chi connectivity index (χ0v) is 18.9. The summed E-state index contributed by atoms with van der Waals surface area (Å²) < 4.78 is 6.66. The molecule has 0 bridgehead atoms. The number of hydrogen-bond donors (Lipinski definition) is 1. The molecular weight excluding hydrogens is 380 g/mol. The average molecular weight is 413 g/mol. The van der Waals surface area contributed by atoms with Crippen molar-refractivity contribution in [1.29, 1.82) is 0 Å². The van der Waals surface area contributed by atoms with E-state index in [0.717, 1.165) is 16.7 Å². The van der Waals surface area contributed by atoms with E-state index in [9.17, 15) is 5.11 Å². The largest absolute Gasteiger partial charge is 0.377 e. The molecule has 0 amide bonds. The summed E-state index contributed by atoms with van der Waals surface area (Å²) in [6.45, 7) is 8.19. The van der Waals surface area contributed by atoms with Crippen molar-refractivity contribution in [3.63, 3.8) is 0 Å². The summed E-state index contributed by atoms with van der Waals surface area (Å²) in [4.78, 5) is 0. The van der Waals surface area contributed by atoms with E-state index in [1.54, 1.807) is 0 Å². The molecule has 0 aliphatic carbocycles. The zero-order chi connectivity index (χ0) is 22.3. The Balaban J connectivity index is 2.09. The van der Waals surface area contributed by atoms with Crippen molar-refractivity contribution in [2.75, 3.05) is 6.61 Å². The Labute approximate surface area is 186 Å². The first kappa shape index (κ1) is 22.8. The summed E-state index contributed by atoms with van der Waals surface area (Å²) >= 11 is 0. The quantitative estimate of drug-likeness (QED) is 0.379. The lowest BCUT2D eigenvalue weighted by atomic mass is 9.80. The van der Waals surface area contributed by atoms with Crippen LogP contribution in [-0.2, 0) is 10.3 Å². The third kappa shape index (κ3) is 4.74. The predicted octanol–water partition coefficient (Wildman–Crippen LogP) is 6.04. The van der Waals surface area contributed by atoms with Crippen LogP contribution in [-0.4, -0.2) is 17.3 Å². The molecule has 0 aromatic heterocycles. The van der Waals surface area contributed by atoms with Crippen LogP contribution >= 0.6 is 0 Å². The highest BCUT2D eigenvalue weighted by atomic mass is 16.5. The van der Waals surface area contributed by atoms with Crippen LogP contribution in [0.1, 0.15) is 44.4 Å². The van der Waals surface area contributed by atoms with Gasteiger partial charge in [-0.05, 0) is 28.5 Å². The van der Waals surface area contributed by atoms with Crippen LogP contribution in [0.5, 0.6) is 0 Å². The summed E-state index contributed by atoms with van der Waals surface area (Å²) in [6, 6.07) is 30.7. The zero-order valence-electron chi connectivity index (χ0n) is 18.9. The Hall–Kier alpha value is -2.86. The van der Waals surface area contributed by atoms with Crippen LogP contribution in [0.15, 0.2) is 91.0 Å². The first-order chi connectivity index (χ1) is 14.9. The molecule has 160 valence electrons. The minimum Gasteiger partial charge on any atom is -0.377 e. The third-order valence-electron chi connectivity index (χ3n) is 5.95. The fourth-order valence-corrected chi connectivity index (χ4v) is 4.05. The lowest BCUT2D eigenvalue weighted by Gasteiger charge is -2.35. The van der Waals surface area contributed by atoms with Crippen molar-refractivity contribution in [2.24, 2.45) is 11.8 Å². The van der Waals surface area contributed by atoms with Gasteiger partial charge >= 0.3 is 0 Å². The number of hydrogen-bond acceptors (Lipinski definition) is 2. The minimum atomic E-state index is -1.04. The van der Waals surface area contributed by atoms with Gasteiger partial charge in [0.05, 0.1) is 0 Å². The highest BCUT2D eigenvalue weighted by Gasteiger charge is 2.37. The maximum atomic E-state index is 11.0. The van der Waals surface area contributed by atoms with Crippen molar-refractivity contribution in [3.05, 3.63) is 108 Å². The second-order valence-corrected chi connectivity index (χ2v) is 8.50. The SMILES string of the molecule is CC(C)C(O)(C#CCOC(c1ccccc1)(c1ccccc1)c1ccccc1)C(C)C. The Bertz CT molecular complexity index is 891. The molecule has 31 heavy (non-hydrogen) atoms. The second-order valence-electron chi connectivity index (χ2n) is 8.50. The van der Waals surface area contributed by atoms with Gasteiger partial charge in [-0.15, -0.1) is 0 Å². The van der Waals surface area contributed by atoms with Gasteiger partial charge in [-0.25, -0.2) is 0 Å².